The fourth-order valence-corrected chi connectivity index (χ4v) is 3.41. The van der Waals surface area contributed by atoms with Crippen molar-refractivity contribution in [1.82, 2.24) is 10.6 Å². The minimum Gasteiger partial charge on any atom is -0.444 e. The zero-order chi connectivity index (χ0) is 24.6. The summed E-state index contributed by atoms with van der Waals surface area (Å²) in [6, 6.07) is 16.2. The molecule has 8 heteroatoms. The Morgan fingerprint density at radius 3 is 2.15 bits per heavy atom. The van der Waals surface area contributed by atoms with Crippen molar-refractivity contribution in [3.63, 3.8) is 0 Å². The summed E-state index contributed by atoms with van der Waals surface area (Å²) < 4.78 is 11.8. The van der Waals surface area contributed by atoms with E-state index in [9.17, 15) is 9.59 Å². The summed E-state index contributed by atoms with van der Waals surface area (Å²) in [6.45, 7) is 9.35. The van der Waals surface area contributed by atoms with Gasteiger partial charge in [0.25, 0.3) is 0 Å². The lowest BCUT2D eigenvalue weighted by molar-refractivity contribution is 0.0381. The number of halogens is 1. The van der Waals surface area contributed by atoms with E-state index in [-0.39, 0.29) is 24.7 Å². The Balaban J connectivity index is 2.27. The highest BCUT2D eigenvalue weighted by Crippen LogP contribution is 2.21. The molecule has 180 valence electrons. The molecule has 2 N–H and O–H groups in total. The molecule has 0 heterocycles. The Morgan fingerprint density at radius 2 is 1.61 bits per heavy atom. The third-order valence-electron chi connectivity index (χ3n) is 5.04. The predicted molar refractivity (Wildman–Crippen MR) is 135 cm³/mol. The summed E-state index contributed by atoms with van der Waals surface area (Å²) >= 11 is 3.44. The summed E-state index contributed by atoms with van der Waals surface area (Å²) in [7, 11) is 1.57. The van der Waals surface area contributed by atoms with Crippen molar-refractivity contribution in [2.75, 3.05) is 18.6 Å². The lowest BCUT2D eigenvalue weighted by Gasteiger charge is -2.32. The minimum atomic E-state index is -0.640. The molecule has 0 aliphatic carbocycles. The number of nitrogens with one attached hydrogen (secondary N) is 2. The lowest BCUT2D eigenvalue weighted by atomic mass is 10.1. The predicted octanol–water partition coefficient (Wildman–Crippen LogP) is 5.65. The first-order valence-corrected chi connectivity index (χ1v) is 11.7. The van der Waals surface area contributed by atoms with E-state index in [2.05, 4.69) is 26.6 Å². The van der Waals surface area contributed by atoms with Crippen LogP contribution in [0.1, 0.15) is 46.2 Å². The first-order valence-electron chi connectivity index (χ1n) is 10.9. The van der Waals surface area contributed by atoms with Gasteiger partial charge in [0.2, 0.25) is 0 Å². The number of alkyl carbamates (subject to hydrolysis) is 1. The molecule has 2 aromatic rings. The number of amides is 3. The first kappa shape index (κ1) is 26.7. The minimum absolute atomic E-state index is 0.184. The van der Waals surface area contributed by atoms with Crippen molar-refractivity contribution in [2.24, 2.45) is 0 Å². The van der Waals surface area contributed by atoms with Crippen LogP contribution in [0.4, 0.5) is 15.3 Å². The number of urea groups is 1. The van der Waals surface area contributed by atoms with Gasteiger partial charge in [0, 0.05) is 17.3 Å². The third kappa shape index (κ3) is 8.70. The average molecular weight is 520 g/mol. The SMILES string of the molecule is CO[C@H](C)[C@@H](CN(C(=O)N[C@@H](C)c1ccccc1)c1ccc(Br)cc1)NC(=O)OC(C)(C)C. The molecule has 0 aromatic heterocycles. The van der Waals surface area contributed by atoms with Crippen molar-refractivity contribution in [3.05, 3.63) is 64.6 Å². The van der Waals surface area contributed by atoms with Gasteiger partial charge in [0.1, 0.15) is 5.60 Å². The van der Waals surface area contributed by atoms with E-state index in [4.69, 9.17) is 9.47 Å². The summed E-state index contributed by atoms with van der Waals surface area (Å²) in [4.78, 5) is 27.5. The largest absolute Gasteiger partial charge is 0.444 e. The van der Waals surface area contributed by atoms with Crippen LogP contribution in [0.2, 0.25) is 0 Å². The Morgan fingerprint density at radius 1 is 1.00 bits per heavy atom. The van der Waals surface area contributed by atoms with Gasteiger partial charge in [0.05, 0.1) is 24.7 Å². The maximum Gasteiger partial charge on any atom is 0.408 e. The topological polar surface area (TPSA) is 79.9 Å². The molecule has 0 saturated carbocycles. The third-order valence-corrected chi connectivity index (χ3v) is 5.57. The van der Waals surface area contributed by atoms with E-state index in [1.165, 1.54) is 0 Å². The fourth-order valence-electron chi connectivity index (χ4n) is 3.15. The molecular weight excluding hydrogens is 486 g/mol. The van der Waals surface area contributed by atoms with Crippen LogP contribution in [0, 0.1) is 0 Å². The number of hydrogen-bond acceptors (Lipinski definition) is 4. The van der Waals surface area contributed by atoms with Crippen LogP contribution in [-0.2, 0) is 9.47 Å². The van der Waals surface area contributed by atoms with Crippen LogP contribution in [0.25, 0.3) is 0 Å². The molecule has 0 radical (unpaired) electrons. The maximum atomic E-state index is 13.4. The summed E-state index contributed by atoms with van der Waals surface area (Å²) in [5, 5.41) is 5.91. The molecule has 0 unspecified atom stereocenters. The molecule has 3 amide bonds. The van der Waals surface area contributed by atoms with Gasteiger partial charge < -0.3 is 20.1 Å². The van der Waals surface area contributed by atoms with Crippen LogP contribution < -0.4 is 15.5 Å². The fraction of sp³-hybridized carbons (Fsp3) is 0.440. The van der Waals surface area contributed by atoms with Gasteiger partial charge in [0.15, 0.2) is 0 Å². The van der Waals surface area contributed by atoms with E-state index in [0.717, 1.165) is 10.0 Å². The number of ether oxygens (including phenoxy) is 2. The number of carbonyl (C=O) groups is 2. The van der Waals surface area contributed by atoms with Crippen LogP contribution >= 0.6 is 15.9 Å². The Bertz CT molecular complexity index is 900. The molecule has 2 aromatic carbocycles. The maximum absolute atomic E-state index is 13.4. The first-order chi connectivity index (χ1) is 15.5. The van der Waals surface area contributed by atoms with E-state index in [1.807, 2.05) is 68.4 Å². The van der Waals surface area contributed by atoms with E-state index < -0.39 is 17.7 Å². The summed E-state index contributed by atoms with van der Waals surface area (Å²) in [6.07, 6.45) is -0.931. The monoisotopic (exact) mass is 519 g/mol. The summed E-state index contributed by atoms with van der Waals surface area (Å²) in [5.74, 6) is 0. The van der Waals surface area contributed by atoms with Crippen LogP contribution in [0.3, 0.4) is 0 Å². The molecule has 0 fully saturated rings. The van der Waals surface area contributed by atoms with Gasteiger partial charge in [-0.3, -0.25) is 4.90 Å². The Hall–Kier alpha value is -2.58. The number of hydrogen-bond donors (Lipinski definition) is 2. The van der Waals surface area contributed by atoms with Crippen LogP contribution in [0.15, 0.2) is 59.1 Å². The standard InChI is InChI=1S/C25H34BrN3O4/c1-17(19-10-8-7-9-11-19)27-23(30)29(21-14-12-20(26)13-15-21)16-22(18(2)32-6)28-24(31)33-25(3,4)5/h7-15,17-18,22H,16H2,1-6H3,(H,27,30)(H,28,31)/t17-,18+,22+/m0/s1. The van der Waals surface area contributed by atoms with Crippen molar-refractivity contribution in [1.29, 1.82) is 0 Å². The van der Waals surface area contributed by atoms with Crippen molar-refractivity contribution in [3.8, 4) is 0 Å². The molecule has 7 nitrogen and oxygen atoms in total. The van der Waals surface area contributed by atoms with Crippen LogP contribution in [0.5, 0.6) is 0 Å². The van der Waals surface area contributed by atoms with Crippen LogP contribution in [-0.4, -0.2) is 43.5 Å². The molecule has 33 heavy (non-hydrogen) atoms. The molecule has 0 bridgehead atoms. The van der Waals surface area contributed by atoms with E-state index in [0.29, 0.717) is 5.69 Å². The highest BCUT2D eigenvalue weighted by atomic mass is 79.9. The van der Waals surface area contributed by atoms with E-state index >= 15 is 0 Å². The second-order valence-electron chi connectivity index (χ2n) is 8.86. The Kier molecular flexibility index (Phi) is 9.73. The van der Waals surface area contributed by atoms with Gasteiger partial charge >= 0.3 is 12.1 Å². The molecule has 0 aliphatic heterocycles. The second-order valence-corrected chi connectivity index (χ2v) is 9.78. The van der Waals surface area contributed by atoms with Gasteiger partial charge in [-0.05, 0) is 64.4 Å². The molecule has 0 spiro atoms. The number of carbonyl (C=O) groups excluding carboxylic acids is 2. The number of nitrogens with zero attached hydrogens (tertiary/aromatic N) is 1. The summed E-state index contributed by atoms with van der Waals surface area (Å²) in [5.41, 5.74) is 1.05. The van der Waals surface area contributed by atoms with Gasteiger partial charge in [-0.25, -0.2) is 9.59 Å². The zero-order valence-corrected chi connectivity index (χ0v) is 21.7. The highest BCUT2D eigenvalue weighted by molar-refractivity contribution is 9.10. The smallest absolute Gasteiger partial charge is 0.408 e. The molecule has 0 aliphatic rings. The zero-order valence-electron chi connectivity index (χ0n) is 20.1. The Labute approximate surface area is 205 Å². The number of anilines is 1. The molecule has 3 atom stereocenters. The normalized spacial score (nSPS) is 14.0. The molecule has 2 rings (SSSR count). The molecular formula is C25H34BrN3O4. The number of benzene rings is 2. The average Bonchev–Trinajstić information content (AvgIpc) is 2.76. The van der Waals surface area contributed by atoms with Crippen molar-refractivity contribution < 1.29 is 19.1 Å². The van der Waals surface area contributed by atoms with Crippen molar-refractivity contribution >= 4 is 33.7 Å². The highest BCUT2D eigenvalue weighted by Gasteiger charge is 2.28. The quantitative estimate of drug-likeness (QED) is 0.471. The number of methoxy groups -OCH3 is 1. The van der Waals surface area contributed by atoms with Gasteiger partial charge in [-0.2, -0.15) is 0 Å². The lowest BCUT2D eigenvalue weighted by Crippen LogP contribution is -2.54. The molecule has 0 saturated heterocycles. The van der Waals surface area contributed by atoms with Gasteiger partial charge in [-0.1, -0.05) is 46.3 Å². The van der Waals surface area contributed by atoms with Crippen molar-refractivity contribution in [2.45, 2.75) is 58.4 Å². The number of rotatable bonds is 8. The van der Waals surface area contributed by atoms with E-state index in [1.54, 1.807) is 32.8 Å². The second kappa shape index (κ2) is 12.0. The van der Waals surface area contributed by atoms with Gasteiger partial charge in [-0.15, -0.1) is 0 Å².